The molecule has 27 heavy (non-hydrogen) atoms. The molecule has 2 heterocycles. The minimum Gasteiger partial charge on any atom is -0.444 e. The normalized spacial score (nSPS) is 14.8. The zero-order chi connectivity index (χ0) is 19.4. The highest BCUT2D eigenvalue weighted by Crippen LogP contribution is 2.22. The van der Waals surface area contributed by atoms with E-state index in [-0.39, 0.29) is 6.09 Å². The van der Waals surface area contributed by atoms with Gasteiger partial charge in [-0.05, 0) is 45.0 Å². The third kappa shape index (κ3) is 5.47. The number of piperazine rings is 1. The minimum absolute atomic E-state index is 0.245. The van der Waals surface area contributed by atoms with Gasteiger partial charge in [-0.1, -0.05) is 11.6 Å². The van der Waals surface area contributed by atoms with Crippen LogP contribution in [0, 0.1) is 0 Å². The number of halogens is 1. The molecule has 3 rings (SSSR count). The van der Waals surface area contributed by atoms with Crippen molar-refractivity contribution in [2.24, 2.45) is 0 Å². The molecule has 1 N–H and O–H groups in total. The number of rotatable bonds is 3. The largest absolute Gasteiger partial charge is 0.444 e. The predicted molar refractivity (Wildman–Crippen MR) is 107 cm³/mol. The lowest BCUT2D eigenvalue weighted by atomic mass is 10.2. The summed E-state index contributed by atoms with van der Waals surface area (Å²) in [6, 6.07) is 9.76. The van der Waals surface area contributed by atoms with Crippen LogP contribution in [0.4, 0.5) is 22.0 Å². The van der Waals surface area contributed by atoms with Crippen molar-refractivity contribution >= 4 is 34.9 Å². The number of carbonyl (C=O) groups is 1. The van der Waals surface area contributed by atoms with E-state index in [0.29, 0.717) is 24.1 Å². The van der Waals surface area contributed by atoms with E-state index in [1.165, 1.54) is 6.33 Å². The average Bonchev–Trinajstić information content (AvgIpc) is 2.61. The molecule has 0 spiro atoms. The van der Waals surface area contributed by atoms with E-state index in [4.69, 9.17) is 16.3 Å². The first-order valence-corrected chi connectivity index (χ1v) is 9.25. The molecule has 1 saturated heterocycles. The number of amides is 1. The predicted octanol–water partition coefficient (Wildman–Crippen LogP) is 3.93. The number of aromatic nitrogens is 2. The van der Waals surface area contributed by atoms with Crippen molar-refractivity contribution in [3.63, 3.8) is 0 Å². The summed E-state index contributed by atoms with van der Waals surface area (Å²) in [4.78, 5) is 24.2. The van der Waals surface area contributed by atoms with Crippen LogP contribution in [0.15, 0.2) is 36.7 Å². The fourth-order valence-corrected chi connectivity index (χ4v) is 2.93. The van der Waals surface area contributed by atoms with Gasteiger partial charge in [0.15, 0.2) is 0 Å². The third-order valence-electron chi connectivity index (χ3n) is 4.07. The van der Waals surface area contributed by atoms with Gasteiger partial charge in [0.1, 0.15) is 22.9 Å². The Kier molecular flexibility index (Phi) is 5.70. The van der Waals surface area contributed by atoms with Crippen LogP contribution in [0.3, 0.4) is 0 Å². The van der Waals surface area contributed by atoms with Crippen LogP contribution in [0.5, 0.6) is 0 Å². The fraction of sp³-hybridized carbons (Fsp3) is 0.421. The second-order valence-corrected chi connectivity index (χ2v) is 7.74. The molecule has 1 aliphatic heterocycles. The van der Waals surface area contributed by atoms with Crippen molar-refractivity contribution in [1.29, 1.82) is 0 Å². The molecular weight excluding hydrogens is 366 g/mol. The highest BCUT2D eigenvalue weighted by molar-refractivity contribution is 6.29. The van der Waals surface area contributed by atoms with Crippen molar-refractivity contribution < 1.29 is 9.53 Å². The zero-order valence-electron chi connectivity index (χ0n) is 15.8. The lowest BCUT2D eigenvalue weighted by molar-refractivity contribution is 0.0240. The quantitative estimate of drug-likeness (QED) is 0.802. The average molecular weight is 390 g/mol. The molecule has 144 valence electrons. The Morgan fingerprint density at radius 1 is 1.11 bits per heavy atom. The molecule has 0 aliphatic carbocycles. The molecule has 0 atom stereocenters. The summed E-state index contributed by atoms with van der Waals surface area (Å²) >= 11 is 5.87. The maximum atomic E-state index is 12.2. The van der Waals surface area contributed by atoms with Gasteiger partial charge < -0.3 is 19.9 Å². The van der Waals surface area contributed by atoms with Crippen LogP contribution in [0.1, 0.15) is 20.8 Å². The molecule has 7 nitrogen and oxygen atoms in total. The van der Waals surface area contributed by atoms with E-state index < -0.39 is 5.60 Å². The molecule has 0 bridgehead atoms. The zero-order valence-corrected chi connectivity index (χ0v) is 16.5. The molecular formula is C19H24ClN5O2. The SMILES string of the molecule is CC(C)(C)OC(=O)N1CCN(c2ccc(Nc3cc(Cl)ncn3)cc2)CC1. The van der Waals surface area contributed by atoms with Crippen LogP contribution in [-0.2, 0) is 4.74 Å². The first-order chi connectivity index (χ1) is 12.8. The van der Waals surface area contributed by atoms with E-state index in [2.05, 4.69) is 20.2 Å². The van der Waals surface area contributed by atoms with E-state index in [9.17, 15) is 4.79 Å². The number of nitrogens with zero attached hydrogens (tertiary/aromatic N) is 4. The summed E-state index contributed by atoms with van der Waals surface area (Å²) in [5.41, 5.74) is 1.57. The van der Waals surface area contributed by atoms with Crippen molar-refractivity contribution in [3.8, 4) is 0 Å². The van der Waals surface area contributed by atoms with Crippen LogP contribution in [-0.4, -0.2) is 52.7 Å². The number of benzene rings is 1. The van der Waals surface area contributed by atoms with E-state index >= 15 is 0 Å². The Morgan fingerprint density at radius 3 is 2.37 bits per heavy atom. The Morgan fingerprint density at radius 2 is 1.78 bits per heavy atom. The smallest absolute Gasteiger partial charge is 0.410 e. The number of hydrogen-bond donors (Lipinski definition) is 1. The molecule has 1 amide bonds. The minimum atomic E-state index is -0.467. The molecule has 2 aromatic rings. The Bertz CT molecular complexity index is 783. The summed E-state index contributed by atoms with van der Waals surface area (Å²) in [5.74, 6) is 0.647. The van der Waals surface area contributed by atoms with Crippen molar-refractivity contribution in [1.82, 2.24) is 14.9 Å². The first kappa shape index (κ1) is 19.2. The Hall–Kier alpha value is -2.54. The standard InChI is InChI=1S/C19H24ClN5O2/c1-19(2,3)27-18(26)25-10-8-24(9-11-25)15-6-4-14(5-7-15)23-17-12-16(20)21-13-22-17/h4-7,12-13H,8-11H2,1-3H3,(H,21,22,23). The number of ether oxygens (including phenoxy) is 1. The van der Waals surface area contributed by atoms with Gasteiger partial charge in [-0.2, -0.15) is 0 Å². The summed E-state index contributed by atoms with van der Waals surface area (Å²) in [6.45, 7) is 8.48. The summed E-state index contributed by atoms with van der Waals surface area (Å²) < 4.78 is 5.44. The van der Waals surface area contributed by atoms with Gasteiger partial charge in [-0.3, -0.25) is 0 Å². The lowest BCUT2D eigenvalue weighted by Crippen LogP contribution is -2.50. The van der Waals surface area contributed by atoms with Crippen molar-refractivity contribution in [3.05, 3.63) is 41.8 Å². The van der Waals surface area contributed by atoms with Gasteiger partial charge in [0.05, 0.1) is 0 Å². The summed E-state index contributed by atoms with van der Waals surface area (Å²) in [5, 5.41) is 3.59. The van der Waals surface area contributed by atoms with Gasteiger partial charge >= 0.3 is 6.09 Å². The lowest BCUT2D eigenvalue weighted by Gasteiger charge is -2.36. The Balaban J connectivity index is 1.55. The molecule has 8 heteroatoms. The van der Waals surface area contributed by atoms with Gasteiger partial charge in [0.25, 0.3) is 0 Å². The number of nitrogens with one attached hydrogen (secondary N) is 1. The molecule has 1 aromatic carbocycles. The second-order valence-electron chi connectivity index (χ2n) is 7.35. The van der Waals surface area contributed by atoms with Gasteiger partial charge in [0.2, 0.25) is 0 Å². The van der Waals surface area contributed by atoms with Crippen LogP contribution < -0.4 is 10.2 Å². The number of hydrogen-bond acceptors (Lipinski definition) is 6. The van der Waals surface area contributed by atoms with Gasteiger partial charge in [-0.15, -0.1) is 0 Å². The molecule has 1 fully saturated rings. The van der Waals surface area contributed by atoms with E-state index in [1.807, 2.05) is 45.0 Å². The van der Waals surface area contributed by atoms with Crippen LogP contribution in [0.2, 0.25) is 5.15 Å². The number of anilines is 3. The molecule has 0 unspecified atom stereocenters. The highest BCUT2D eigenvalue weighted by Gasteiger charge is 2.25. The summed E-state index contributed by atoms with van der Waals surface area (Å²) in [7, 11) is 0. The molecule has 0 saturated carbocycles. The van der Waals surface area contributed by atoms with E-state index in [1.54, 1.807) is 11.0 Å². The fourth-order valence-electron chi connectivity index (χ4n) is 2.78. The maximum Gasteiger partial charge on any atom is 0.410 e. The van der Waals surface area contributed by atoms with Crippen molar-refractivity contribution in [2.45, 2.75) is 26.4 Å². The van der Waals surface area contributed by atoms with Gasteiger partial charge in [0, 0.05) is 43.6 Å². The second kappa shape index (κ2) is 8.00. The molecule has 1 aromatic heterocycles. The maximum absolute atomic E-state index is 12.2. The summed E-state index contributed by atoms with van der Waals surface area (Å²) in [6.07, 6.45) is 1.17. The van der Waals surface area contributed by atoms with Crippen molar-refractivity contribution in [2.75, 3.05) is 36.4 Å². The van der Waals surface area contributed by atoms with Crippen LogP contribution in [0.25, 0.3) is 0 Å². The van der Waals surface area contributed by atoms with Crippen LogP contribution >= 0.6 is 11.6 Å². The van der Waals surface area contributed by atoms with Gasteiger partial charge in [-0.25, -0.2) is 14.8 Å². The third-order valence-corrected chi connectivity index (χ3v) is 4.28. The first-order valence-electron chi connectivity index (χ1n) is 8.88. The topological polar surface area (TPSA) is 70.6 Å². The molecule has 0 radical (unpaired) electrons. The number of carbonyl (C=O) groups excluding carboxylic acids is 1. The van der Waals surface area contributed by atoms with E-state index in [0.717, 1.165) is 24.5 Å². The highest BCUT2D eigenvalue weighted by atomic mass is 35.5. The molecule has 1 aliphatic rings. The monoisotopic (exact) mass is 389 g/mol. The Labute approximate surface area is 164 Å².